The molecule has 8 rings (SSSR count). The van der Waals surface area contributed by atoms with Gasteiger partial charge in [-0.15, -0.1) is 0 Å². The Morgan fingerprint density at radius 2 is 1.49 bits per heavy atom. The third kappa shape index (κ3) is 7.61. The summed E-state index contributed by atoms with van der Waals surface area (Å²) in [5, 5.41) is 5.82. The number of halogens is 1. The van der Waals surface area contributed by atoms with Crippen LogP contribution in [0.25, 0.3) is 39.0 Å². The van der Waals surface area contributed by atoms with Gasteiger partial charge in [0.2, 0.25) is 11.8 Å². The normalized spacial score (nSPS) is 20.5. The number of rotatable bonds is 10. The van der Waals surface area contributed by atoms with E-state index in [0.717, 1.165) is 41.7 Å². The first-order valence-corrected chi connectivity index (χ1v) is 21.0. The number of aromatic nitrogens is 3. The number of likely N-dealkylation sites (tertiary alicyclic amines) is 2. The fourth-order valence-electron chi connectivity index (χ4n) is 9.25. The number of fused-ring (bicyclic) bond motifs is 5. The standard InChI is InChI=1S/C45H53FN8O7/c1-23(2)38(50-44(57)59-6)42(55)52-16-8-10-34(52)31-19-28(21-47-31)26-12-14-29-36(20-26)61-25(5)54-33-15-13-27(18-30(33)37(46)40(29)54)32-22-48-41(49-32)35-11-9-17-53(35)43(56)39(24(3)4)51-45(58)60-7/h12-15,18,20-25,34-35,38-39H,8-11,16-17,19H2,1-7H3,(H,48,49)(H,50,57)(H,51,58)/t25?,34-,35-,38-,39-/m0/s1. The molecule has 0 aliphatic carbocycles. The molecule has 2 saturated heterocycles. The smallest absolute Gasteiger partial charge is 0.407 e. The second-order valence-electron chi connectivity index (χ2n) is 16.9. The molecule has 5 atom stereocenters. The number of methoxy groups -OCH3 is 2. The number of alkyl carbamates (subject to hydrolysis) is 2. The zero-order valence-electron chi connectivity index (χ0n) is 35.6. The van der Waals surface area contributed by atoms with E-state index in [1.54, 1.807) is 11.1 Å². The Kier molecular flexibility index (Phi) is 11.4. The molecule has 0 bridgehead atoms. The predicted octanol–water partition coefficient (Wildman–Crippen LogP) is 7.35. The molecule has 0 radical (unpaired) electrons. The van der Waals surface area contributed by atoms with E-state index in [4.69, 9.17) is 19.2 Å². The van der Waals surface area contributed by atoms with Crippen molar-refractivity contribution in [2.24, 2.45) is 16.8 Å². The van der Waals surface area contributed by atoms with Gasteiger partial charge in [0, 0.05) is 47.9 Å². The number of carbonyl (C=O) groups excluding carboxylic acids is 4. The van der Waals surface area contributed by atoms with Crippen molar-refractivity contribution in [3.05, 3.63) is 66.0 Å². The Balaban J connectivity index is 1.00. The van der Waals surface area contributed by atoms with Gasteiger partial charge in [-0.25, -0.2) is 19.0 Å². The van der Waals surface area contributed by atoms with Crippen molar-refractivity contribution in [2.45, 2.75) is 97.1 Å². The van der Waals surface area contributed by atoms with Crippen LogP contribution in [0, 0.1) is 17.7 Å². The SMILES string of the molecule is COC(=O)N[C@H](C(=O)N1CCC[C@H]1C1=NC=C(c2ccc3c(c2)OC(C)n2c-3c(F)c3cc(-c4cnc([C@@H]5CCCN5C(=O)[C@@H](NC(=O)OC)C(C)C)[nH]4)ccc32)C1)C(C)C. The minimum atomic E-state index is -0.743. The first kappa shape index (κ1) is 41.5. The highest BCUT2D eigenvalue weighted by Crippen LogP contribution is 2.46. The van der Waals surface area contributed by atoms with Gasteiger partial charge in [0.1, 0.15) is 23.7 Å². The summed E-state index contributed by atoms with van der Waals surface area (Å²) >= 11 is 0. The number of H-pyrrole nitrogens is 1. The van der Waals surface area contributed by atoms with Crippen LogP contribution in [0.1, 0.15) is 90.4 Å². The average molecular weight is 837 g/mol. The van der Waals surface area contributed by atoms with E-state index < -0.39 is 30.5 Å². The first-order chi connectivity index (χ1) is 29.3. The number of aliphatic imine (C=N–C) groups is 1. The summed E-state index contributed by atoms with van der Waals surface area (Å²) in [5.74, 6) is 0.214. The Morgan fingerprint density at radius 1 is 0.869 bits per heavy atom. The van der Waals surface area contributed by atoms with Crippen molar-refractivity contribution in [1.29, 1.82) is 0 Å². The molecule has 0 spiro atoms. The van der Waals surface area contributed by atoms with Gasteiger partial charge in [-0.1, -0.05) is 39.8 Å². The third-order valence-corrected chi connectivity index (χ3v) is 12.4. The molecule has 2 fully saturated rings. The Labute approximate surface area is 353 Å². The predicted molar refractivity (Wildman–Crippen MR) is 227 cm³/mol. The van der Waals surface area contributed by atoms with Gasteiger partial charge in [-0.05, 0) is 79.8 Å². The van der Waals surface area contributed by atoms with Crippen LogP contribution in [0.4, 0.5) is 14.0 Å². The Morgan fingerprint density at radius 3 is 2.13 bits per heavy atom. The molecular formula is C45H53FN8O7. The van der Waals surface area contributed by atoms with Crippen LogP contribution in [-0.4, -0.2) is 99.5 Å². The lowest BCUT2D eigenvalue weighted by Gasteiger charge is -2.31. The van der Waals surface area contributed by atoms with E-state index in [9.17, 15) is 19.2 Å². The maximum absolute atomic E-state index is 16.8. The van der Waals surface area contributed by atoms with Crippen LogP contribution < -0.4 is 15.4 Å². The van der Waals surface area contributed by atoms with Crippen molar-refractivity contribution in [2.75, 3.05) is 27.3 Å². The fraction of sp³-hybridized carbons (Fsp3) is 0.467. The summed E-state index contributed by atoms with van der Waals surface area (Å²) in [7, 11) is 2.55. The van der Waals surface area contributed by atoms with Crippen molar-refractivity contribution >= 4 is 46.2 Å². The van der Waals surface area contributed by atoms with Crippen LogP contribution in [0.2, 0.25) is 0 Å². The van der Waals surface area contributed by atoms with E-state index in [1.807, 2.05) is 86.7 Å². The summed E-state index contributed by atoms with van der Waals surface area (Å²) < 4.78 is 34.6. The lowest BCUT2D eigenvalue weighted by atomic mass is 9.96. The van der Waals surface area contributed by atoms with Gasteiger partial charge in [0.25, 0.3) is 0 Å². The quantitative estimate of drug-likeness (QED) is 0.149. The van der Waals surface area contributed by atoms with Crippen LogP contribution in [0.5, 0.6) is 5.75 Å². The Bertz CT molecular complexity index is 2450. The van der Waals surface area contributed by atoms with E-state index in [0.29, 0.717) is 65.4 Å². The van der Waals surface area contributed by atoms with E-state index in [2.05, 4.69) is 20.6 Å². The Hall–Kier alpha value is -6.19. The largest absolute Gasteiger partial charge is 0.470 e. The number of hydrogen-bond donors (Lipinski definition) is 3. The zero-order valence-corrected chi connectivity index (χ0v) is 35.6. The summed E-state index contributed by atoms with van der Waals surface area (Å²) in [4.78, 5) is 67.9. The molecule has 4 amide bonds. The fourth-order valence-corrected chi connectivity index (χ4v) is 9.25. The number of aromatic amines is 1. The number of amides is 4. The van der Waals surface area contributed by atoms with Crippen molar-refractivity contribution < 1.29 is 37.8 Å². The molecule has 2 aromatic heterocycles. The molecule has 3 N–H and O–H groups in total. The summed E-state index contributed by atoms with van der Waals surface area (Å²) in [6, 6.07) is 9.48. The van der Waals surface area contributed by atoms with Gasteiger partial charge < -0.3 is 44.2 Å². The number of allylic oxidation sites excluding steroid dienone is 1. The highest BCUT2D eigenvalue weighted by atomic mass is 19.1. The van der Waals surface area contributed by atoms with Crippen LogP contribution in [0.3, 0.4) is 0 Å². The molecule has 16 heteroatoms. The van der Waals surface area contributed by atoms with E-state index >= 15 is 4.39 Å². The average Bonchev–Trinajstić information content (AvgIpc) is 4.11. The number of benzene rings is 2. The number of imidazole rings is 1. The highest BCUT2D eigenvalue weighted by molar-refractivity contribution is 6.04. The number of nitrogens with one attached hydrogen (secondary N) is 3. The lowest BCUT2D eigenvalue weighted by Crippen LogP contribution is -2.53. The van der Waals surface area contributed by atoms with Crippen molar-refractivity contribution in [3.8, 4) is 28.3 Å². The molecule has 4 aromatic rings. The van der Waals surface area contributed by atoms with Crippen LogP contribution >= 0.6 is 0 Å². The van der Waals surface area contributed by atoms with Crippen molar-refractivity contribution in [1.82, 2.24) is 35.0 Å². The van der Waals surface area contributed by atoms with Gasteiger partial charge >= 0.3 is 12.2 Å². The molecule has 2 aromatic carbocycles. The van der Waals surface area contributed by atoms with Gasteiger partial charge in [-0.2, -0.15) is 0 Å². The molecule has 61 heavy (non-hydrogen) atoms. The van der Waals surface area contributed by atoms with Crippen LogP contribution in [-0.2, 0) is 19.1 Å². The zero-order chi connectivity index (χ0) is 43.3. The van der Waals surface area contributed by atoms with Crippen LogP contribution in [0.15, 0.2) is 53.8 Å². The number of ether oxygens (including phenoxy) is 3. The van der Waals surface area contributed by atoms with Gasteiger partial charge in [-0.3, -0.25) is 14.6 Å². The van der Waals surface area contributed by atoms with Gasteiger partial charge in [0.05, 0.1) is 49.4 Å². The number of nitrogens with zero attached hydrogens (tertiary/aromatic N) is 5. The molecule has 4 aliphatic rings. The van der Waals surface area contributed by atoms with E-state index in [-0.39, 0.29) is 41.6 Å². The minimum Gasteiger partial charge on any atom is -0.470 e. The van der Waals surface area contributed by atoms with Gasteiger partial charge in [0.15, 0.2) is 12.0 Å². The molecule has 6 heterocycles. The third-order valence-electron chi connectivity index (χ3n) is 12.4. The second-order valence-corrected chi connectivity index (χ2v) is 16.9. The maximum Gasteiger partial charge on any atom is 0.407 e. The molecule has 4 aliphatic heterocycles. The molecule has 1 unspecified atom stereocenters. The first-order valence-electron chi connectivity index (χ1n) is 21.0. The second kappa shape index (κ2) is 16.7. The maximum atomic E-state index is 16.8. The topological polar surface area (TPSA) is 172 Å². The minimum absolute atomic E-state index is 0.128. The summed E-state index contributed by atoms with van der Waals surface area (Å²) in [6.45, 7) is 10.6. The molecule has 0 saturated carbocycles. The lowest BCUT2D eigenvalue weighted by molar-refractivity contribution is -0.135. The molecular weight excluding hydrogens is 784 g/mol. The summed E-state index contributed by atoms with van der Waals surface area (Å²) in [5.41, 5.74) is 5.97. The summed E-state index contributed by atoms with van der Waals surface area (Å²) in [6.07, 6.45) is 5.41. The highest BCUT2D eigenvalue weighted by Gasteiger charge is 2.40. The number of hydrogen-bond acceptors (Lipinski definition) is 9. The van der Waals surface area contributed by atoms with E-state index in [1.165, 1.54) is 14.2 Å². The monoisotopic (exact) mass is 836 g/mol. The molecule has 15 nitrogen and oxygen atoms in total. The van der Waals surface area contributed by atoms with Crippen molar-refractivity contribution in [3.63, 3.8) is 0 Å². The number of carbonyl (C=O) groups is 4. The molecule has 322 valence electrons.